The molecule has 1 aliphatic heterocycles. The van der Waals surface area contributed by atoms with Crippen LogP contribution in [0.25, 0.3) is 10.8 Å². The molecule has 0 spiro atoms. The summed E-state index contributed by atoms with van der Waals surface area (Å²) in [5.41, 5.74) is 0.144. The summed E-state index contributed by atoms with van der Waals surface area (Å²) in [5, 5.41) is 7.41. The second-order valence-corrected chi connectivity index (χ2v) is 9.23. The summed E-state index contributed by atoms with van der Waals surface area (Å²) in [6, 6.07) is 13.6. The molecule has 1 aliphatic rings. The number of carbonyl (C=O) groups is 2. The average molecular weight is 374 g/mol. The van der Waals surface area contributed by atoms with E-state index in [1.807, 2.05) is 42.5 Å². The van der Waals surface area contributed by atoms with Crippen molar-refractivity contribution in [2.24, 2.45) is 0 Å². The molecule has 0 radical (unpaired) electrons. The van der Waals surface area contributed by atoms with Gasteiger partial charge in [0.1, 0.15) is 0 Å². The fraction of sp³-hybridized carbons (Fsp3) is 0.368. The molecule has 1 fully saturated rings. The van der Waals surface area contributed by atoms with E-state index in [4.69, 9.17) is 0 Å². The summed E-state index contributed by atoms with van der Waals surface area (Å²) >= 11 is 0. The summed E-state index contributed by atoms with van der Waals surface area (Å²) in [6.45, 7) is 1.55. The van der Waals surface area contributed by atoms with Gasteiger partial charge in [0.15, 0.2) is 9.84 Å². The molecule has 7 heteroatoms. The third-order valence-corrected chi connectivity index (χ3v) is 6.52. The van der Waals surface area contributed by atoms with Gasteiger partial charge in [0.25, 0.3) is 0 Å². The topological polar surface area (TPSA) is 92.3 Å². The lowest BCUT2D eigenvalue weighted by molar-refractivity contribution is -0.126. The van der Waals surface area contributed by atoms with Gasteiger partial charge in [-0.25, -0.2) is 8.42 Å². The van der Waals surface area contributed by atoms with E-state index in [9.17, 15) is 18.0 Å². The normalized spacial score (nSPS) is 21.4. The van der Waals surface area contributed by atoms with Crippen LogP contribution in [0.1, 0.15) is 18.9 Å². The zero-order valence-electron chi connectivity index (χ0n) is 14.6. The molecule has 0 bridgehead atoms. The van der Waals surface area contributed by atoms with Gasteiger partial charge < -0.3 is 10.6 Å². The summed E-state index contributed by atoms with van der Waals surface area (Å²) in [4.78, 5) is 24.3. The average Bonchev–Trinajstić information content (AvgIpc) is 2.86. The molecule has 2 aromatic rings. The van der Waals surface area contributed by atoms with Crippen LogP contribution in [-0.4, -0.2) is 43.8 Å². The third-order valence-electron chi connectivity index (χ3n) is 4.62. The highest BCUT2D eigenvalue weighted by Crippen LogP contribution is 2.22. The maximum Gasteiger partial charge on any atom is 0.239 e. The number of sulfone groups is 1. The van der Waals surface area contributed by atoms with Gasteiger partial charge in [-0.3, -0.25) is 9.59 Å². The van der Waals surface area contributed by atoms with E-state index in [1.54, 1.807) is 6.92 Å². The Morgan fingerprint density at radius 3 is 2.54 bits per heavy atom. The second kappa shape index (κ2) is 7.07. The predicted octanol–water partition coefficient (Wildman–Crippen LogP) is 1.19. The predicted molar refractivity (Wildman–Crippen MR) is 100 cm³/mol. The Bertz CT molecular complexity index is 950. The summed E-state index contributed by atoms with van der Waals surface area (Å²) in [5.74, 6) is -0.607. The SMILES string of the molecule is CC1(NC(=O)CNC(=O)Cc2cccc3ccccc23)CCS(=O)(=O)C1. The highest BCUT2D eigenvalue weighted by Gasteiger charge is 2.39. The van der Waals surface area contributed by atoms with E-state index >= 15 is 0 Å². The molecule has 2 N–H and O–H groups in total. The molecule has 0 aromatic heterocycles. The van der Waals surface area contributed by atoms with Crippen molar-refractivity contribution >= 4 is 32.4 Å². The van der Waals surface area contributed by atoms with Crippen molar-refractivity contribution in [3.63, 3.8) is 0 Å². The third kappa shape index (κ3) is 4.40. The molecule has 1 unspecified atom stereocenters. The highest BCUT2D eigenvalue weighted by molar-refractivity contribution is 7.91. The zero-order chi connectivity index (χ0) is 18.8. The van der Waals surface area contributed by atoms with E-state index in [0.717, 1.165) is 16.3 Å². The first-order chi connectivity index (χ1) is 12.3. The molecule has 2 amide bonds. The van der Waals surface area contributed by atoms with Gasteiger partial charge >= 0.3 is 0 Å². The van der Waals surface area contributed by atoms with Crippen LogP contribution in [0.3, 0.4) is 0 Å². The number of fused-ring (bicyclic) bond motifs is 1. The minimum atomic E-state index is -3.09. The molecule has 3 rings (SSSR count). The Morgan fingerprint density at radius 1 is 1.08 bits per heavy atom. The molecule has 0 saturated carbocycles. The van der Waals surface area contributed by atoms with Gasteiger partial charge in [-0.15, -0.1) is 0 Å². The molecule has 1 atom stereocenters. The van der Waals surface area contributed by atoms with Crippen molar-refractivity contribution in [3.8, 4) is 0 Å². The van der Waals surface area contributed by atoms with E-state index in [1.165, 1.54) is 0 Å². The highest BCUT2D eigenvalue weighted by atomic mass is 32.2. The number of nitrogens with one attached hydrogen (secondary N) is 2. The zero-order valence-corrected chi connectivity index (χ0v) is 15.4. The Labute approximate surface area is 152 Å². The first-order valence-electron chi connectivity index (χ1n) is 8.51. The molecular formula is C19H22N2O4S. The van der Waals surface area contributed by atoms with E-state index in [-0.39, 0.29) is 36.3 Å². The molecule has 1 saturated heterocycles. The monoisotopic (exact) mass is 374 g/mol. The van der Waals surface area contributed by atoms with E-state index < -0.39 is 15.4 Å². The maximum absolute atomic E-state index is 12.2. The fourth-order valence-electron chi connectivity index (χ4n) is 3.35. The van der Waals surface area contributed by atoms with Gasteiger partial charge in [-0.2, -0.15) is 0 Å². The van der Waals surface area contributed by atoms with Crippen LogP contribution in [0.4, 0.5) is 0 Å². The molecular weight excluding hydrogens is 352 g/mol. The van der Waals surface area contributed by atoms with Gasteiger partial charge in [0.2, 0.25) is 11.8 Å². The molecule has 6 nitrogen and oxygen atoms in total. The van der Waals surface area contributed by atoms with Crippen molar-refractivity contribution in [2.75, 3.05) is 18.1 Å². The van der Waals surface area contributed by atoms with Crippen LogP contribution in [0.15, 0.2) is 42.5 Å². The van der Waals surface area contributed by atoms with Crippen LogP contribution < -0.4 is 10.6 Å². The largest absolute Gasteiger partial charge is 0.348 e. The van der Waals surface area contributed by atoms with Crippen molar-refractivity contribution in [3.05, 3.63) is 48.0 Å². The minimum absolute atomic E-state index is 0.0598. The number of rotatable bonds is 5. The summed E-state index contributed by atoms with van der Waals surface area (Å²) in [7, 11) is -3.09. The van der Waals surface area contributed by atoms with Crippen LogP contribution in [0, 0.1) is 0 Å². The van der Waals surface area contributed by atoms with Crippen molar-refractivity contribution in [2.45, 2.75) is 25.3 Å². The molecule has 2 aromatic carbocycles. The van der Waals surface area contributed by atoms with Gasteiger partial charge in [-0.05, 0) is 29.7 Å². The maximum atomic E-state index is 12.2. The summed E-state index contributed by atoms with van der Waals surface area (Å²) < 4.78 is 23.2. The Morgan fingerprint density at radius 2 is 1.81 bits per heavy atom. The van der Waals surface area contributed by atoms with Gasteiger partial charge in [-0.1, -0.05) is 42.5 Å². The second-order valence-electron chi connectivity index (χ2n) is 7.04. The van der Waals surface area contributed by atoms with Gasteiger partial charge in [0, 0.05) is 0 Å². The number of benzene rings is 2. The number of hydrogen-bond donors (Lipinski definition) is 2. The minimum Gasteiger partial charge on any atom is -0.348 e. The van der Waals surface area contributed by atoms with Crippen LogP contribution >= 0.6 is 0 Å². The van der Waals surface area contributed by atoms with Crippen molar-refractivity contribution in [1.29, 1.82) is 0 Å². The Balaban J connectivity index is 1.55. The van der Waals surface area contributed by atoms with Crippen LogP contribution in [0.5, 0.6) is 0 Å². The number of carbonyl (C=O) groups excluding carboxylic acids is 2. The fourth-order valence-corrected chi connectivity index (χ4v) is 5.44. The molecule has 138 valence electrons. The molecule has 0 aliphatic carbocycles. The van der Waals surface area contributed by atoms with Crippen molar-refractivity contribution in [1.82, 2.24) is 10.6 Å². The lowest BCUT2D eigenvalue weighted by atomic mass is 10.0. The lowest BCUT2D eigenvalue weighted by Crippen LogP contribution is -2.50. The van der Waals surface area contributed by atoms with Gasteiger partial charge in [0.05, 0.1) is 30.0 Å². The molecule has 26 heavy (non-hydrogen) atoms. The van der Waals surface area contributed by atoms with Crippen LogP contribution in [-0.2, 0) is 25.8 Å². The van der Waals surface area contributed by atoms with E-state index in [0.29, 0.717) is 6.42 Å². The Kier molecular flexibility index (Phi) is 5.00. The first-order valence-corrected chi connectivity index (χ1v) is 10.3. The number of hydrogen-bond acceptors (Lipinski definition) is 4. The van der Waals surface area contributed by atoms with Crippen molar-refractivity contribution < 1.29 is 18.0 Å². The number of amides is 2. The molecule has 1 heterocycles. The lowest BCUT2D eigenvalue weighted by Gasteiger charge is -2.23. The van der Waals surface area contributed by atoms with Crippen LogP contribution in [0.2, 0.25) is 0 Å². The smallest absolute Gasteiger partial charge is 0.239 e. The first kappa shape index (κ1) is 18.4. The quantitative estimate of drug-likeness (QED) is 0.822. The standard InChI is InChI=1S/C19H22N2O4S/c1-19(9-10-26(24,25)13-19)21-18(23)12-20-17(22)11-15-7-4-6-14-5-2-3-8-16(14)15/h2-8H,9-13H2,1H3,(H,20,22)(H,21,23). The van der Waals surface area contributed by atoms with E-state index in [2.05, 4.69) is 10.6 Å². The Hall–Kier alpha value is -2.41. The summed E-state index contributed by atoms with van der Waals surface area (Å²) in [6.07, 6.45) is 0.575.